The third kappa shape index (κ3) is 4.34. The lowest BCUT2D eigenvalue weighted by molar-refractivity contribution is 0.0950. The average molecular weight is 407 g/mol. The van der Waals surface area contributed by atoms with E-state index < -0.39 is 10.0 Å². The van der Waals surface area contributed by atoms with Crippen LogP contribution in [-0.4, -0.2) is 37.8 Å². The molecule has 27 heavy (non-hydrogen) atoms. The standard InChI is InChI=1S/C20H23ClN2O3S/c1-13(2)23(3)27(25,26)17-9-5-7-15(11-17)20(24)22-19-12-18(19)14-6-4-8-16(21)10-14/h4-11,13,18-19H,12H2,1-3H3,(H,22,24)/t18-,19+/m0/s1. The summed E-state index contributed by atoms with van der Waals surface area (Å²) < 4.78 is 26.6. The Bertz CT molecular complexity index is 959. The van der Waals surface area contributed by atoms with Crippen molar-refractivity contribution in [1.29, 1.82) is 0 Å². The van der Waals surface area contributed by atoms with Crippen molar-refractivity contribution in [1.82, 2.24) is 9.62 Å². The van der Waals surface area contributed by atoms with Crippen LogP contribution in [0.2, 0.25) is 5.02 Å². The lowest BCUT2D eigenvalue weighted by Crippen LogP contribution is -2.33. The smallest absolute Gasteiger partial charge is 0.251 e. The van der Waals surface area contributed by atoms with E-state index in [0.29, 0.717) is 10.6 Å². The van der Waals surface area contributed by atoms with Gasteiger partial charge in [-0.25, -0.2) is 8.42 Å². The summed E-state index contributed by atoms with van der Waals surface area (Å²) in [6, 6.07) is 13.7. The summed E-state index contributed by atoms with van der Waals surface area (Å²) in [4.78, 5) is 12.7. The van der Waals surface area contributed by atoms with Crippen LogP contribution in [0.1, 0.15) is 42.1 Å². The number of nitrogens with zero attached hydrogens (tertiary/aromatic N) is 1. The van der Waals surface area contributed by atoms with E-state index in [1.165, 1.54) is 23.5 Å². The zero-order chi connectivity index (χ0) is 19.8. The topological polar surface area (TPSA) is 66.5 Å². The van der Waals surface area contributed by atoms with Crippen molar-refractivity contribution in [3.05, 3.63) is 64.7 Å². The summed E-state index contributed by atoms with van der Waals surface area (Å²) in [5, 5.41) is 3.66. The highest BCUT2D eigenvalue weighted by molar-refractivity contribution is 7.89. The summed E-state index contributed by atoms with van der Waals surface area (Å²) in [5.74, 6) is -0.0274. The molecule has 1 N–H and O–H groups in total. The first-order valence-corrected chi connectivity index (χ1v) is 10.7. The molecule has 2 aromatic carbocycles. The molecule has 0 aliphatic heterocycles. The van der Waals surface area contributed by atoms with Crippen molar-refractivity contribution >= 4 is 27.5 Å². The lowest BCUT2D eigenvalue weighted by Gasteiger charge is -2.21. The van der Waals surface area contributed by atoms with Crippen LogP contribution in [0.4, 0.5) is 0 Å². The Morgan fingerprint density at radius 1 is 1.19 bits per heavy atom. The first kappa shape index (κ1) is 19.9. The molecule has 0 saturated heterocycles. The van der Waals surface area contributed by atoms with E-state index in [0.717, 1.165) is 12.0 Å². The molecular weight excluding hydrogens is 384 g/mol. The summed E-state index contributed by atoms with van der Waals surface area (Å²) in [6.07, 6.45) is 0.847. The molecule has 0 unspecified atom stereocenters. The van der Waals surface area contributed by atoms with Gasteiger partial charge < -0.3 is 5.32 Å². The zero-order valence-corrected chi connectivity index (χ0v) is 17.1. The van der Waals surface area contributed by atoms with Crippen LogP contribution in [0.25, 0.3) is 0 Å². The minimum absolute atomic E-state index is 0.0366. The van der Waals surface area contributed by atoms with Crippen molar-refractivity contribution in [2.75, 3.05) is 7.05 Å². The monoisotopic (exact) mass is 406 g/mol. The van der Waals surface area contributed by atoms with Gasteiger partial charge in [0.1, 0.15) is 0 Å². The number of halogens is 1. The summed E-state index contributed by atoms with van der Waals surface area (Å²) in [5.41, 5.74) is 1.44. The van der Waals surface area contributed by atoms with Crippen LogP contribution in [-0.2, 0) is 10.0 Å². The van der Waals surface area contributed by atoms with E-state index >= 15 is 0 Å². The Morgan fingerprint density at radius 3 is 2.56 bits per heavy atom. The number of hydrogen-bond acceptors (Lipinski definition) is 3. The van der Waals surface area contributed by atoms with E-state index in [1.807, 2.05) is 24.3 Å². The Hall–Kier alpha value is -1.89. The molecule has 0 spiro atoms. The minimum atomic E-state index is -3.63. The van der Waals surface area contributed by atoms with Gasteiger partial charge in [0.2, 0.25) is 10.0 Å². The van der Waals surface area contributed by atoms with Crippen LogP contribution in [0.3, 0.4) is 0 Å². The van der Waals surface area contributed by atoms with Gasteiger partial charge in [-0.3, -0.25) is 4.79 Å². The minimum Gasteiger partial charge on any atom is -0.349 e. The highest BCUT2D eigenvalue weighted by atomic mass is 35.5. The Morgan fingerprint density at radius 2 is 1.89 bits per heavy atom. The van der Waals surface area contributed by atoms with E-state index in [1.54, 1.807) is 26.0 Å². The maximum atomic E-state index is 12.6. The van der Waals surface area contributed by atoms with Crippen molar-refractivity contribution < 1.29 is 13.2 Å². The van der Waals surface area contributed by atoms with E-state index in [9.17, 15) is 13.2 Å². The second-order valence-electron chi connectivity index (χ2n) is 7.12. The fraction of sp³-hybridized carbons (Fsp3) is 0.350. The second kappa shape index (κ2) is 7.62. The molecule has 2 aromatic rings. The van der Waals surface area contributed by atoms with Gasteiger partial charge in [-0.15, -0.1) is 0 Å². The third-order valence-corrected chi connectivity index (χ3v) is 7.15. The number of hydrogen-bond donors (Lipinski definition) is 1. The Balaban J connectivity index is 1.72. The number of rotatable bonds is 6. The molecule has 5 nitrogen and oxygen atoms in total. The molecular formula is C20H23ClN2O3S. The van der Waals surface area contributed by atoms with Crippen LogP contribution in [0, 0.1) is 0 Å². The predicted molar refractivity (Wildman–Crippen MR) is 107 cm³/mol. The molecule has 1 fully saturated rings. The Kier molecular flexibility index (Phi) is 5.60. The average Bonchev–Trinajstić information content (AvgIpc) is 3.40. The first-order chi connectivity index (χ1) is 12.7. The van der Waals surface area contributed by atoms with E-state index in [2.05, 4.69) is 5.32 Å². The van der Waals surface area contributed by atoms with Gasteiger partial charge in [0.25, 0.3) is 5.91 Å². The number of benzene rings is 2. The first-order valence-electron chi connectivity index (χ1n) is 8.84. The van der Waals surface area contributed by atoms with E-state index in [-0.39, 0.29) is 28.8 Å². The van der Waals surface area contributed by atoms with Crippen LogP contribution < -0.4 is 5.32 Å². The number of nitrogens with one attached hydrogen (secondary N) is 1. The second-order valence-corrected chi connectivity index (χ2v) is 9.55. The SMILES string of the molecule is CC(C)N(C)S(=O)(=O)c1cccc(C(=O)N[C@@H]2C[C@H]2c2cccc(Cl)c2)c1. The molecule has 1 aliphatic carbocycles. The van der Waals surface area contributed by atoms with Gasteiger partial charge in [-0.1, -0.05) is 29.8 Å². The lowest BCUT2D eigenvalue weighted by atomic mass is 10.1. The fourth-order valence-corrected chi connectivity index (χ4v) is 4.57. The molecule has 0 heterocycles. The Labute approximate surface area is 165 Å². The van der Waals surface area contributed by atoms with Crippen LogP contribution in [0.15, 0.2) is 53.4 Å². The number of amides is 1. The predicted octanol–water partition coefficient (Wildman–Crippen LogP) is 3.65. The molecule has 144 valence electrons. The third-order valence-electron chi connectivity index (χ3n) is 4.88. The van der Waals surface area contributed by atoms with Crippen LogP contribution >= 0.6 is 11.6 Å². The summed E-state index contributed by atoms with van der Waals surface area (Å²) in [7, 11) is -2.09. The molecule has 2 atom stereocenters. The molecule has 0 bridgehead atoms. The van der Waals surface area contributed by atoms with Crippen molar-refractivity contribution in [2.45, 2.75) is 43.2 Å². The van der Waals surface area contributed by atoms with Gasteiger partial charge in [0, 0.05) is 35.6 Å². The van der Waals surface area contributed by atoms with Crippen molar-refractivity contribution in [2.24, 2.45) is 0 Å². The number of carbonyl (C=O) groups is 1. The van der Waals surface area contributed by atoms with Gasteiger partial charge in [-0.05, 0) is 56.2 Å². The maximum absolute atomic E-state index is 12.6. The largest absolute Gasteiger partial charge is 0.349 e. The normalized spacial score (nSPS) is 19.3. The number of sulfonamides is 1. The van der Waals surface area contributed by atoms with E-state index in [4.69, 9.17) is 11.6 Å². The maximum Gasteiger partial charge on any atom is 0.251 e. The molecule has 1 amide bonds. The quantitative estimate of drug-likeness (QED) is 0.796. The fourth-order valence-electron chi connectivity index (χ4n) is 2.95. The van der Waals surface area contributed by atoms with Gasteiger partial charge in [0.15, 0.2) is 0 Å². The zero-order valence-electron chi connectivity index (χ0n) is 15.5. The molecule has 3 rings (SSSR count). The highest BCUT2D eigenvalue weighted by Gasteiger charge is 2.39. The summed E-state index contributed by atoms with van der Waals surface area (Å²) >= 11 is 6.03. The summed E-state index contributed by atoms with van der Waals surface area (Å²) in [6.45, 7) is 3.61. The molecule has 1 aliphatic rings. The number of carbonyl (C=O) groups excluding carboxylic acids is 1. The van der Waals surface area contributed by atoms with Gasteiger partial charge >= 0.3 is 0 Å². The molecule has 7 heteroatoms. The molecule has 0 aromatic heterocycles. The van der Waals surface area contributed by atoms with Gasteiger partial charge in [0.05, 0.1) is 4.90 Å². The highest BCUT2D eigenvalue weighted by Crippen LogP contribution is 2.41. The molecule has 0 radical (unpaired) electrons. The van der Waals surface area contributed by atoms with Crippen molar-refractivity contribution in [3.8, 4) is 0 Å². The molecule has 1 saturated carbocycles. The van der Waals surface area contributed by atoms with Crippen molar-refractivity contribution in [3.63, 3.8) is 0 Å². The van der Waals surface area contributed by atoms with Crippen LogP contribution in [0.5, 0.6) is 0 Å². The van der Waals surface area contributed by atoms with Gasteiger partial charge in [-0.2, -0.15) is 4.31 Å².